The Morgan fingerprint density at radius 2 is 1.80 bits per heavy atom. The van der Waals surface area contributed by atoms with Gasteiger partial charge in [0.1, 0.15) is 0 Å². The van der Waals surface area contributed by atoms with Crippen molar-refractivity contribution in [3.63, 3.8) is 0 Å². The lowest BCUT2D eigenvalue weighted by atomic mass is 10.1. The Morgan fingerprint density at radius 3 is 2.30 bits per heavy atom. The molecular formula is C14H22N2O2S2. The van der Waals surface area contributed by atoms with Crippen molar-refractivity contribution in [2.24, 2.45) is 0 Å². The number of rotatable bonds is 6. The molecule has 2 N–H and O–H groups in total. The third-order valence-electron chi connectivity index (χ3n) is 4.00. The zero-order chi connectivity index (χ0) is 14.6. The van der Waals surface area contributed by atoms with E-state index in [1.807, 2.05) is 23.9 Å². The van der Waals surface area contributed by atoms with Gasteiger partial charge < -0.3 is 5.32 Å². The Hall–Kier alpha value is -0.720. The van der Waals surface area contributed by atoms with Crippen molar-refractivity contribution < 1.29 is 8.42 Å². The fraction of sp³-hybridized carbons (Fsp3) is 0.571. The molecule has 0 amide bonds. The molecule has 2 rings (SSSR count). The van der Waals surface area contributed by atoms with Gasteiger partial charge in [-0.2, -0.15) is 11.8 Å². The number of hydrogen-bond donors (Lipinski definition) is 2. The average Bonchev–Trinajstić information content (AvgIpc) is 2.95. The average molecular weight is 314 g/mol. The summed E-state index contributed by atoms with van der Waals surface area (Å²) in [6, 6.07) is 6.92. The van der Waals surface area contributed by atoms with E-state index in [-0.39, 0.29) is 0 Å². The van der Waals surface area contributed by atoms with Gasteiger partial charge in [-0.15, -0.1) is 0 Å². The molecule has 0 unspecified atom stereocenters. The first kappa shape index (κ1) is 15.7. The van der Waals surface area contributed by atoms with Crippen LogP contribution in [0.3, 0.4) is 0 Å². The van der Waals surface area contributed by atoms with Gasteiger partial charge in [0.2, 0.25) is 10.0 Å². The van der Waals surface area contributed by atoms with Gasteiger partial charge in [0, 0.05) is 17.0 Å². The van der Waals surface area contributed by atoms with E-state index in [4.69, 9.17) is 0 Å². The molecule has 1 aliphatic rings. The largest absolute Gasteiger partial charge is 0.384 e. The number of hydrogen-bond acceptors (Lipinski definition) is 4. The lowest BCUT2D eigenvalue weighted by Gasteiger charge is -2.27. The van der Waals surface area contributed by atoms with Gasteiger partial charge in [0.05, 0.1) is 4.90 Å². The highest BCUT2D eigenvalue weighted by atomic mass is 32.2. The summed E-state index contributed by atoms with van der Waals surface area (Å²) >= 11 is 1.94. The molecule has 112 valence electrons. The first-order chi connectivity index (χ1) is 9.51. The maximum Gasteiger partial charge on any atom is 0.240 e. The molecule has 0 atom stereocenters. The van der Waals surface area contributed by atoms with Crippen LogP contribution in [-0.2, 0) is 10.0 Å². The Labute approximate surface area is 125 Å². The van der Waals surface area contributed by atoms with Crippen molar-refractivity contribution in [1.29, 1.82) is 0 Å². The van der Waals surface area contributed by atoms with Gasteiger partial charge >= 0.3 is 0 Å². The highest BCUT2D eigenvalue weighted by Gasteiger charge is 2.32. The maximum atomic E-state index is 11.6. The van der Waals surface area contributed by atoms with Crippen molar-refractivity contribution in [2.75, 3.05) is 25.2 Å². The van der Waals surface area contributed by atoms with Crippen LogP contribution in [-0.4, -0.2) is 33.0 Å². The van der Waals surface area contributed by atoms with E-state index in [2.05, 4.69) is 16.3 Å². The third-order valence-corrected chi connectivity index (χ3v) is 6.84. The van der Waals surface area contributed by atoms with Crippen LogP contribution in [0.5, 0.6) is 0 Å². The monoisotopic (exact) mass is 314 g/mol. The molecule has 6 heteroatoms. The van der Waals surface area contributed by atoms with Gasteiger partial charge in [-0.25, -0.2) is 13.1 Å². The van der Waals surface area contributed by atoms with Crippen molar-refractivity contribution >= 4 is 27.5 Å². The van der Waals surface area contributed by atoms with Crippen molar-refractivity contribution in [1.82, 2.24) is 4.72 Å². The first-order valence-corrected chi connectivity index (χ1v) is 9.55. The summed E-state index contributed by atoms with van der Waals surface area (Å²) in [6.07, 6.45) is 7.31. The number of anilines is 1. The predicted molar refractivity (Wildman–Crippen MR) is 85.9 cm³/mol. The topological polar surface area (TPSA) is 58.2 Å². The number of sulfonamides is 1. The molecule has 4 nitrogen and oxygen atoms in total. The minimum absolute atomic E-state index is 0.297. The lowest BCUT2D eigenvalue weighted by molar-refractivity contribution is 0.588. The SMILES string of the molecule is CNS(=O)(=O)c1ccc(NCC2(SC)CCCC2)cc1. The van der Waals surface area contributed by atoms with E-state index in [0.717, 1.165) is 12.2 Å². The summed E-state index contributed by atoms with van der Waals surface area (Å²) in [4.78, 5) is 0.297. The van der Waals surface area contributed by atoms with Gasteiger partial charge in [-0.1, -0.05) is 12.8 Å². The molecule has 0 spiro atoms. The number of thioether (sulfide) groups is 1. The fourth-order valence-electron chi connectivity index (χ4n) is 2.61. The molecule has 1 aliphatic carbocycles. The summed E-state index contributed by atoms with van der Waals surface area (Å²) in [5.41, 5.74) is 0.973. The Bertz CT molecular complexity index is 535. The fourth-order valence-corrected chi connectivity index (χ4v) is 4.25. The molecule has 0 bridgehead atoms. The van der Waals surface area contributed by atoms with Crippen LogP contribution in [0.2, 0.25) is 0 Å². The molecule has 1 fully saturated rings. The highest BCUT2D eigenvalue weighted by molar-refractivity contribution is 8.00. The number of nitrogens with one attached hydrogen (secondary N) is 2. The van der Waals surface area contributed by atoms with Crippen LogP contribution in [0.25, 0.3) is 0 Å². The summed E-state index contributed by atoms with van der Waals surface area (Å²) < 4.78 is 25.9. The molecule has 0 aliphatic heterocycles. The summed E-state index contributed by atoms with van der Waals surface area (Å²) in [5.74, 6) is 0. The smallest absolute Gasteiger partial charge is 0.240 e. The van der Waals surface area contributed by atoms with Gasteiger partial charge in [0.15, 0.2) is 0 Å². The Balaban J connectivity index is 2.01. The van der Waals surface area contributed by atoms with Gasteiger partial charge in [-0.05, 0) is 50.4 Å². The van der Waals surface area contributed by atoms with Gasteiger partial charge in [0.25, 0.3) is 0 Å². The third kappa shape index (κ3) is 3.48. The minimum atomic E-state index is -3.34. The predicted octanol–water partition coefficient (Wildman–Crippen LogP) is 2.68. The molecule has 0 saturated heterocycles. The molecule has 0 heterocycles. The maximum absolute atomic E-state index is 11.6. The summed E-state index contributed by atoms with van der Waals surface area (Å²) in [6.45, 7) is 0.937. The minimum Gasteiger partial charge on any atom is -0.384 e. The van der Waals surface area contributed by atoms with E-state index in [0.29, 0.717) is 9.64 Å². The molecule has 1 saturated carbocycles. The van der Waals surface area contributed by atoms with Crippen LogP contribution >= 0.6 is 11.8 Å². The van der Waals surface area contributed by atoms with Crippen LogP contribution in [0.15, 0.2) is 29.2 Å². The molecule has 1 aromatic carbocycles. The van der Waals surface area contributed by atoms with Crippen LogP contribution < -0.4 is 10.0 Å². The zero-order valence-corrected chi connectivity index (χ0v) is 13.6. The second-order valence-electron chi connectivity index (χ2n) is 5.18. The standard InChI is InChI=1S/C14H22N2O2S2/c1-15-20(17,18)13-7-5-12(6-8-13)16-11-14(19-2)9-3-4-10-14/h5-8,15-16H,3-4,9-11H2,1-2H3. The molecule has 20 heavy (non-hydrogen) atoms. The van der Waals surface area contributed by atoms with E-state index in [1.54, 1.807) is 12.1 Å². The van der Waals surface area contributed by atoms with Crippen LogP contribution in [0.4, 0.5) is 5.69 Å². The molecule has 0 aromatic heterocycles. The van der Waals surface area contributed by atoms with E-state index < -0.39 is 10.0 Å². The second-order valence-corrected chi connectivity index (χ2v) is 8.34. The molecule has 0 radical (unpaired) electrons. The molecule has 1 aromatic rings. The highest BCUT2D eigenvalue weighted by Crippen LogP contribution is 2.40. The van der Waals surface area contributed by atoms with E-state index in [9.17, 15) is 8.42 Å². The normalized spacial score (nSPS) is 18.1. The quantitative estimate of drug-likeness (QED) is 0.847. The second kappa shape index (κ2) is 6.37. The summed E-state index contributed by atoms with van der Waals surface area (Å²) in [7, 11) is -1.92. The van der Waals surface area contributed by atoms with Crippen molar-refractivity contribution in [2.45, 2.75) is 35.3 Å². The molecular weight excluding hydrogens is 292 g/mol. The number of benzene rings is 1. The summed E-state index contributed by atoms with van der Waals surface area (Å²) in [5, 5.41) is 3.44. The lowest BCUT2D eigenvalue weighted by Crippen LogP contribution is -2.30. The van der Waals surface area contributed by atoms with Crippen molar-refractivity contribution in [3.05, 3.63) is 24.3 Å². The van der Waals surface area contributed by atoms with Crippen molar-refractivity contribution in [3.8, 4) is 0 Å². The zero-order valence-electron chi connectivity index (χ0n) is 12.0. The van der Waals surface area contributed by atoms with Crippen LogP contribution in [0, 0.1) is 0 Å². The van der Waals surface area contributed by atoms with Gasteiger partial charge in [-0.3, -0.25) is 0 Å². The van der Waals surface area contributed by atoms with E-state index >= 15 is 0 Å². The van der Waals surface area contributed by atoms with Crippen LogP contribution in [0.1, 0.15) is 25.7 Å². The Morgan fingerprint density at radius 1 is 1.20 bits per heavy atom. The van der Waals surface area contributed by atoms with E-state index in [1.165, 1.54) is 32.7 Å². The first-order valence-electron chi connectivity index (χ1n) is 6.84. The Kier molecular flexibility index (Phi) is 4.99.